The number of hydrogen-bond donors (Lipinski definition) is 0. The molecule has 29 heavy (non-hydrogen) atoms. The van der Waals surface area contributed by atoms with Gasteiger partial charge in [0.1, 0.15) is 17.3 Å². The molecule has 0 aromatic heterocycles. The van der Waals surface area contributed by atoms with Crippen LogP contribution in [0, 0.1) is 0 Å². The minimum Gasteiger partial charge on any atom is -0.493 e. The van der Waals surface area contributed by atoms with E-state index in [0.29, 0.717) is 24.5 Å². The van der Waals surface area contributed by atoms with Crippen LogP contribution in [-0.2, 0) is 24.4 Å². The smallest absolute Gasteiger partial charge is 0.339 e. The van der Waals surface area contributed by atoms with Crippen molar-refractivity contribution in [2.75, 3.05) is 34.5 Å². The van der Waals surface area contributed by atoms with Crippen LogP contribution in [0.5, 0.6) is 17.2 Å². The first-order valence-electron chi connectivity index (χ1n) is 8.50. The number of rotatable bonds is 10. The van der Waals surface area contributed by atoms with Crippen LogP contribution in [0.1, 0.15) is 5.56 Å². The van der Waals surface area contributed by atoms with E-state index in [9.17, 15) is 13.2 Å². The molecule has 0 saturated heterocycles. The van der Waals surface area contributed by atoms with E-state index in [4.69, 9.17) is 18.4 Å². The summed E-state index contributed by atoms with van der Waals surface area (Å²) in [5, 5.41) is 0. The fourth-order valence-electron chi connectivity index (χ4n) is 2.20. The molecule has 2 aromatic rings. The van der Waals surface area contributed by atoms with Crippen molar-refractivity contribution >= 4 is 22.2 Å². The zero-order chi connectivity index (χ0) is 21.3. The van der Waals surface area contributed by atoms with Gasteiger partial charge in [-0.3, -0.25) is 0 Å². The highest BCUT2D eigenvalue weighted by molar-refractivity contribution is 7.87. The highest BCUT2D eigenvalue weighted by Gasteiger charge is 2.19. The van der Waals surface area contributed by atoms with Crippen LogP contribution in [-0.4, -0.2) is 48.9 Å². The fourth-order valence-corrected chi connectivity index (χ4v) is 3.14. The molecular weight excluding hydrogens is 400 g/mol. The van der Waals surface area contributed by atoms with Gasteiger partial charge in [-0.1, -0.05) is 6.07 Å². The summed E-state index contributed by atoms with van der Waals surface area (Å²) in [7, 11) is 0.134. The van der Waals surface area contributed by atoms with E-state index in [1.54, 1.807) is 13.2 Å². The van der Waals surface area contributed by atoms with Gasteiger partial charge in [0.2, 0.25) is 0 Å². The Labute approximate surface area is 169 Å². The van der Waals surface area contributed by atoms with Gasteiger partial charge in [-0.25, -0.2) is 4.79 Å². The number of hydrogen-bond acceptors (Lipinski definition) is 8. The first-order valence-corrected chi connectivity index (χ1v) is 9.91. The Bertz CT molecular complexity index is 949. The van der Waals surface area contributed by atoms with Crippen molar-refractivity contribution in [3.8, 4) is 17.2 Å². The number of esters is 1. The van der Waals surface area contributed by atoms with Crippen molar-refractivity contribution in [2.24, 2.45) is 0 Å². The van der Waals surface area contributed by atoms with Crippen LogP contribution in [0.15, 0.2) is 53.4 Å². The van der Waals surface area contributed by atoms with Gasteiger partial charge in [0.25, 0.3) is 0 Å². The highest BCUT2D eigenvalue weighted by atomic mass is 32.2. The van der Waals surface area contributed by atoms with E-state index < -0.39 is 16.1 Å². The summed E-state index contributed by atoms with van der Waals surface area (Å²) in [6.07, 6.45) is 2.75. The first kappa shape index (κ1) is 22.3. The van der Waals surface area contributed by atoms with E-state index in [-0.39, 0.29) is 16.4 Å². The van der Waals surface area contributed by atoms with Crippen molar-refractivity contribution in [1.29, 1.82) is 0 Å². The SMILES string of the molecule is COCCOc1ccc(S(=O)(=O)Oc2ccc(/C=C/C(=O)OC)cc2OC)cc1. The van der Waals surface area contributed by atoms with Gasteiger partial charge in [0.05, 0.1) is 20.8 Å². The normalized spacial score (nSPS) is 11.3. The summed E-state index contributed by atoms with van der Waals surface area (Å²) in [6.45, 7) is 0.779. The monoisotopic (exact) mass is 422 g/mol. The summed E-state index contributed by atoms with van der Waals surface area (Å²) in [5.74, 6) is 0.213. The number of carbonyl (C=O) groups excluding carboxylic acids is 1. The minimum absolute atomic E-state index is 0.0168. The van der Waals surface area contributed by atoms with Crippen LogP contribution in [0.2, 0.25) is 0 Å². The molecule has 0 radical (unpaired) electrons. The Morgan fingerprint density at radius 3 is 2.31 bits per heavy atom. The fraction of sp³-hybridized carbons (Fsp3) is 0.250. The Hall–Kier alpha value is -3.04. The summed E-state index contributed by atoms with van der Waals surface area (Å²) in [6, 6.07) is 10.4. The van der Waals surface area contributed by atoms with Gasteiger partial charge >= 0.3 is 16.1 Å². The molecule has 0 aliphatic rings. The van der Waals surface area contributed by atoms with Crippen molar-refractivity contribution < 1.29 is 36.3 Å². The lowest BCUT2D eigenvalue weighted by Gasteiger charge is -2.12. The molecule has 0 bridgehead atoms. The third kappa shape index (κ3) is 6.51. The predicted octanol–water partition coefficient (Wildman–Crippen LogP) is 2.67. The molecule has 9 heteroatoms. The molecule has 2 rings (SSSR count). The number of methoxy groups -OCH3 is 3. The first-order chi connectivity index (χ1) is 13.9. The third-order valence-electron chi connectivity index (χ3n) is 3.67. The zero-order valence-electron chi connectivity index (χ0n) is 16.3. The van der Waals surface area contributed by atoms with Gasteiger partial charge in [-0.05, 0) is 48.0 Å². The summed E-state index contributed by atoms with van der Waals surface area (Å²) in [4.78, 5) is 11.2. The van der Waals surface area contributed by atoms with E-state index in [1.807, 2.05) is 0 Å². The van der Waals surface area contributed by atoms with Gasteiger partial charge in [-0.2, -0.15) is 8.42 Å². The lowest BCUT2D eigenvalue weighted by molar-refractivity contribution is -0.134. The standard InChI is InChI=1S/C20H22O8S/c1-24-12-13-27-16-6-8-17(9-7-16)29(22,23)28-18-10-4-15(14-19(18)25-2)5-11-20(21)26-3/h4-11,14H,12-13H2,1-3H3/b11-5+. The molecule has 0 aliphatic heterocycles. The van der Waals surface area contributed by atoms with E-state index >= 15 is 0 Å². The third-order valence-corrected chi connectivity index (χ3v) is 4.92. The zero-order valence-corrected chi connectivity index (χ0v) is 17.1. The van der Waals surface area contributed by atoms with Gasteiger partial charge in [-0.15, -0.1) is 0 Å². The molecular formula is C20H22O8S. The number of benzene rings is 2. The largest absolute Gasteiger partial charge is 0.493 e. The molecule has 0 atom stereocenters. The van der Waals surface area contributed by atoms with E-state index in [2.05, 4.69) is 4.74 Å². The molecule has 0 saturated carbocycles. The Kier molecular flexibility index (Phi) is 8.05. The van der Waals surface area contributed by atoms with E-state index in [1.165, 1.54) is 62.8 Å². The second-order valence-electron chi connectivity index (χ2n) is 5.62. The molecule has 0 fully saturated rings. The van der Waals surface area contributed by atoms with Crippen LogP contribution in [0.3, 0.4) is 0 Å². The Morgan fingerprint density at radius 1 is 0.966 bits per heavy atom. The Morgan fingerprint density at radius 2 is 1.69 bits per heavy atom. The molecule has 0 N–H and O–H groups in total. The summed E-state index contributed by atoms with van der Waals surface area (Å²) in [5.41, 5.74) is 0.606. The lowest BCUT2D eigenvalue weighted by atomic mass is 10.2. The van der Waals surface area contributed by atoms with Crippen LogP contribution in [0.25, 0.3) is 6.08 Å². The molecule has 0 heterocycles. The summed E-state index contributed by atoms with van der Waals surface area (Å²) < 4.78 is 50.4. The van der Waals surface area contributed by atoms with Crippen LogP contribution in [0.4, 0.5) is 0 Å². The lowest BCUT2D eigenvalue weighted by Crippen LogP contribution is -2.10. The van der Waals surface area contributed by atoms with Crippen LogP contribution >= 0.6 is 0 Å². The van der Waals surface area contributed by atoms with Gasteiger partial charge in [0.15, 0.2) is 11.5 Å². The maximum atomic E-state index is 12.6. The second kappa shape index (κ2) is 10.5. The molecule has 0 spiro atoms. The molecule has 0 amide bonds. The molecule has 2 aromatic carbocycles. The second-order valence-corrected chi connectivity index (χ2v) is 7.16. The minimum atomic E-state index is -4.08. The summed E-state index contributed by atoms with van der Waals surface area (Å²) >= 11 is 0. The maximum Gasteiger partial charge on any atom is 0.339 e. The topological polar surface area (TPSA) is 97.4 Å². The predicted molar refractivity (Wildman–Crippen MR) is 106 cm³/mol. The number of carbonyl (C=O) groups is 1. The van der Waals surface area contributed by atoms with E-state index in [0.717, 1.165) is 0 Å². The number of ether oxygens (including phenoxy) is 4. The quantitative estimate of drug-likeness (QED) is 0.250. The van der Waals surface area contributed by atoms with Crippen molar-refractivity contribution in [2.45, 2.75) is 4.90 Å². The van der Waals surface area contributed by atoms with Crippen molar-refractivity contribution in [3.05, 3.63) is 54.1 Å². The molecule has 0 aliphatic carbocycles. The van der Waals surface area contributed by atoms with Gasteiger partial charge in [0, 0.05) is 13.2 Å². The average Bonchev–Trinajstić information content (AvgIpc) is 2.73. The molecule has 156 valence electrons. The van der Waals surface area contributed by atoms with Crippen LogP contribution < -0.4 is 13.7 Å². The highest BCUT2D eigenvalue weighted by Crippen LogP contribution is 2.31. The van der Waals surface area contributed by atoms with Crippen molar-refractivity contribution in [1.82, 2.24) is 0 Å². The van der Waals surface area contributed by atoms with Crippen molar-refractivity contribution in [3.63, 3.8) is 0 Å². The Balaban J connectivity index is 2.16. The average molecular weight is 422 g/mol. The molecule has 8 nitrogen and oxygen atoms in total. The maximum absolute atomic E-state index is 12.6. The molecule has 0 unspecified atom stereocenters. The van der Waals surface area contributed by atoms with Gasteiger partial charge < -0.3 is 23.1 Å².